The average molecular weight is 442 g/mol. The molecule has 1 aliphatic rings. The van der Waals surface area contributed by atoms with Crippen LogP contribution in [0.15, 0.2) is 72.3 Å². The predicted octanol–water partition coefficient (Wildman–Crippen LogP) is 4.10. The van der Waals surface area contributed by atoms with E-state index in [-0.39, 0.29) is 12.4 Å². The average Bonchev–Trinajstić information content (AvgIpc) is 3.25. The van der Waals surface area contributed by atoms with E-state index < -0.39 is 5.92 Å². The van der Waals surface area contributed by atoms with Crippen molar-refractivity contribution in [3.8, 4) is 17.4 Å². The normalized spacial score (nSPS) is 15.2. The summed E-state index contributed by atoms with van der Waals surface area (Å²) in [5, 5.41) is 4.52. The van der Waals surface area contributed by atoms with Gasteiger partial charge in [0.1, 0.15) is 30.2 Å². The topological polar surface area (TPSA) is 87.8 Å². The highest BCUT2D eigenvalue weighted by Gasteiger charge is 2.36. The number of hydrogen-bond donors (Lipinski definition) is 0. The highest BCUT2D eigenvalue weighted by Crippen LogP contribution is 2.44. The highest BCUT2D eigenvalue weighted by molar-refractivity contribution is 5.97. The summed E-state index contributed by atoms with van der Waals surface area (Å²) >= 11 is 0. The summed E-state index contributed by atoms with van der Waals surface area (Å²) in [5.41, 5.74) is 2.73. The van der Waals surface area contributed by atoms with Crippen LogP contribution in [0.25, 0.3) is 5.65 Å². The van der Waals surface area contributed by atoms with Gasteiger partial charge in [-0.15, -0.1) is 5.10 Å². The van der Waals surface area contributed by atoms with Crippen LogP contribution < -0.4 is 14.2 Å². The molecule has 0 saturated carbocycles. The summed E-state index contributed by atoms with van der Waals surface area (Å²) < 4.78 is 18.7. The number of para-hydroxylation sites is 1. The maximum absolute atomic E-state index is 12.7. The lowest BCUT2D eigenvalue weighted by Crippen LogP contribution is -2.22. The molecule has 2 aromatic heterocycles. The first-order valence-electron chi connectivity index (χ1n) is 10.5. The van der Waals surface area contributed by atoms with Crippen LogP contribution in [-0.4, -0.2) is 32.5 Å². The molecule has 0 saturated heterocycles. The molecular weight excluding hydrogens is 420 g/mol. The third-order valence-electron chi connectivity index (χ3n) is 5.58. The van der Waals surface area contributed by atoms with Crippen LogP contribution in [0.3, 0.4) is 0 Å². The van der Waals surface area contributed by atoms with E-state index in [0.717, 1.165) is 17.1 Å². The second-order valence-electron chi connectivity index (χ2n) is 7.70. The Hall–Kier alpha value is -4.20. The van der Waals surface area contributed by atoms with Crippen molar-refractivity contribution in [2.45, 2.75) is 26.4 Å². The number of fused-ring (bicyclic) bond motifs is 3. The minimum Gasteiger partial charge on any atom is -0.497 e. The van der Waals surface area contributed by atoms with Gasteiger partial charge in [-0.25, -0.2) is 14.5 Å². The van der Waals surface area contributed by atoms with Gasteiger partial charge < -0.3 is 14.2 Å². The number of ether oxygens (including phenoxy) is 3. The number of aromatic nitrogens is 4. The zero-order valence-electron chi connectivity index (χ0n) is 18.5. The summed E-state index contributed by atoms with van der Waals surface area (Å²) in [6.45, 7) is 3.52. The van der Waals surface area contributed by atoms with Crippen LogP contribution in [-0.2, 0) is 11.4 Å². The number of methoxy groups -OCH3 is 1. The van der Waals surface area contributed by atoms with Crippen LogP contribution >= 0.6 is 0 Å². The summed E-state index contributed by atoms with van der Waals surface area (Å²) in [6.07, 6.45) is 1.56. The van der Waals surface area contributed by atoms with Crippen molar-refractivity contribution in [2.75, 3.05) is 7.11 Å². The summed E-state index contributed by atoms with van der Waals surface area (Å²) in [4.78, 5) is 21.9. The van der Waals surface area contributed by atoms with Gasteiger partial charge in [0.05, 0.1) is 12.7 Å². The first kappa shape index (κ1) is 20.7. The molecule has 0 bridgehead atoms. The number of nitrogens with zero attached hydrogens (tertiary/aromatic N) is 4. The Kier molecular flexibility index (Phi) is 5.26. The van der Waals surface area contributed by atoms with E-state index in [1.54, 1.807) is 31.8 Å². The van der Waals surface area contributed by atoms with Crippen LogP contribution in [0.4, 0.5) is 0 Å². The molecule has 0 aliphatic carbocycles. The second-order valence-corrected chi connectivity index (χ2v) is 7.70. The van der Waals surface area contributed by atoms with Gasteiger partial charge >= 0.3 is 0 Å². The molecule has 0 N–H and O–H groups in total. The standard InChI is InChI=1S/C25H22N4O4/c1-15(30)21-16(2)33-25-23(22(21)17-9-11-18(31-3)12-10-17)24-27-20(28-29(24)14-26-25)13-32-19-7-5-4-6-8-19/h4-12,14,22H,13H2,1-3H3/t22-/m1/s1. The third-order valence-corrected chi connectivity index (χ3v) is 5.58. The SMILES string of the molecule is COc1ccc([C@@H]2C(C(C)=O)=C(C)Oc3ncn4nc(COc5ccccc5)nc4c32)cc1. The lowest BCUT2D eigenvalue weighted by molar-refractivity contribution is -0.114. The van der Waals surface area contributed by atoms with Crippen molar-refractivity contribution in [3.05, 3.63) is 89.2 Å². The summed E-state index contributed by atoms with van der Waals surface area (Å²) in [7, 11) is 1.62. The van der Waals surface area contributed by atoms with Gasteiger partial charge in [0.2, 0.25) is 5.88 Å². The molecule has 33 heavy (non-hydrogen) atoms. The van der Waals surface area contributed by atoms with Crippen molar-refractivity contribution in [1.82, 2.24) is 19.6 Å². The molecule has 0 radical (unpaired) electrons. The monoisotopic (exact) mass is 442 g/mol. The molecule has 0 unspecified atom stereocenters. The van der Waals surface area contributed by atoms with E-state index in [9.17, 15) is 4.79 Å². The Morgan fingerprint density at radius 2 is 1.85 bits per heavy atom. The fourth-order valence-electron chi connectivity index (χ4n) is 4.09. The first-order chi connectivity index (χ1) is 16.0. The third kappa shape index (κ3) is 3.80. The summed E-state index contributed by atoms with van der Waals surface area (Å²) in [5.74, 6) is 2.42. The van der Waals surface area contributed by atoms with E-state index in [1.165, 1.54) is 0 Å². The number of benzene rings is 2. The number of allylic oxidation sites excluding steroid dienone is 2. The Morgan fingerprint density at radius 1 is 1.09 bits per heavy atom. The smallest absolute Gasteiger partial charge is 0.228 e. The van der Waals surface area contributed by atoms with Gasteiger partial charge in [0, 0.05) is 11.5 Å². The van der Waals surface area contributed by atoms with Gasteiger partial charge in [-0.2, -0.15) is 0 Å². The minimum absolute atomic E-state index is 0.0758. The quantitative estimate of drug-likeness (QED) is 0.444. The molecule has 2 aromatic carbocycles. The van der Waals surface area contributed by atoms with Crippen molar-refractivity contribution < 1.29 is 19.0 Å². The molecule has 1 aliphatic heterocycles. The van der Waals surface area contributed by atoms with Crippen molar-refractivity contribution in [2.24, 2.45) is 0 Å². The van der Waals surface area contributed by atoms with Crippen LogP contribution in [0.1, 0.15) is 36.7 Å². The molecular formula is C25H22N4O4. The molecule has 166 valence electrons. The number of Topliss-reactive ketones (excluding diaryl/α,β-unsaturated/α-hetero) is 1. The van der Waals surface area contributed by atoms with Crippen molar-refractivity contribution in [1.29, 1.82) is 0 Å². The molecule has 1 atom stereocenters. The Labute approximate surface area is 190 Å². The highest BCUT2D eigenvalue weighted by atomic mass is 16.5. The molecule has 5 rings (SSSR count). The number of carbonyl (C=O) groups excluding carboxylic acids is 1. The number of carbonyl (C=O) groups is 1. The van der Waals surface area contributed by atoms with Gasteiger partial charge in [-0.05, 0) is 43.7 Å². The molecule has 0 fully saturated rings. The Balaban J connectivity index is 1.61. The first-order valence-corrected chi connectivity index (χ1v) is 10.5. The van der Waals surface area contributed by atoms with Gasteiger partial charge in [-0.1, -0.05) is 30.3 Å². The fraction of sp³-hybridized carbons (Fsp3) is 0.200. The van der Waals surface area contributed by atoms with Crippen molar-refractivity contribution in [3.63, 3.8) is 0 Å². The van der Waals surface area contributed by atoms with E-state index in [2.05, 4.69) is 10.1 Å². The Bertz CT molecular complexity index is 1360. The van der Waals surface area contributed by atoms with E-state index >= 15 is 0 Å². The lowest BCUT2D eigenvalue weighted by Gasteiger charge is -2.28. The zero-order valence-corrected chi connectivity index (χ0v) is 18.5. The largest absolute Gasteiger partial charge is 0.497 e. The number of ketones is 1. The van der Waals surface area contributed by atoms with Gasteiger partial charge in [0.25, 0.3) is 0 Å². The predicted molar refractivity (Wildman–Crippen MR) is 120 cm³/mol. The summed E-state index contributed by atoms with van der Waals surface area (Å²) in [6, 6.07) is 17.1. The lowest BCUT2D eigenvalue weighted by atomic mass is 9.82. The van der Waals surface area contributed by atoms with E-state index in [0.29, 0.717) is 34.2 Å². The maximum Gasteiger partial charge on any atom is 0.228 e. The van der Waals surface area contributed by atoms with E-state index in [4.69, 9.17) is 19.2 Å². The number of hydrogen-bond acceptors (Lipinski definition) is 7. The molecule has 0 spiro atoms. The molecule has 0 amide bonds. The zero-order chi connectivity index (χ0) is 22.9. The molecule has 8 heteroatoms. The second kappa shape index (κ2) is 8.38. The molecule has 8 nitrogen and oxygen atoms in total. The van der Waals surface area contributed by atoms with E-state index in [1.807, 2.05) is 54.6 Å². The number of rotatable bonds is 6. The fourth-order valence-corrected chi connectivity index (χ4v) is 4.09. The van der Waals surface area contributed by atoms with Crippen LogP contribution in [0.5, 0.6) is 17.4 Å². The minimum atomic E-state index is -0.402. The molecule has 3 heterocycles. The maximum atomic E-state index is 12.7. The van der Waals surface area contributed by atoms with Gasteiger partial charge in [0.15, 0.2) is 17.3 Å². The van der Waals surface area contributed by atoms with Crippen molar-refractivity contribution >= 4 is 11.4 Å². The van der Waals surface area contributed by atoms with Crippen LogP contribution in [0.2, 0.25) is 0 Å². The Morgan fingerprint density at radius 3 is 2.55 bits per heavy atom. The van der Waals surface area contributed by atoms with Gasteiger partial charge in [-0.3, -0.25) is 4.79 Å². The van der Waals surface area contributed by atoms with Crippen LogP contribution in [0, 0.1) is 0 Å². The molecule has 4 aromatic rings.